The highest BCUT2D eigenvalue weighted by Crippen LogP contribution is 2.11. The van der Waals surface area contributed by atoms with Gasteiger partial charge in [0.1, 0.15) is 0 Å². The van der Waals surface area contributed by atoms with Crippen LogP contribution in [0.1, 0.15) is 32.6 Å². The predicted octanol–water partition coefficient (Wildman–Crippen LogP) is 0.997. The molecule has 0 aromatic carbocycles. The van der Waals surface area contributed by atoms with Crippen molar-refractivity contribution in [3.05, 3.63) is 0 Å². The van der Waals surface area contributed by atoms with Crippen LogP contribution >= 0.6 is 0 Å². The minimum atomic E-state index is 0.322. The van der Waals surface area contributed by atoms with Gasteiger partial charge in [-0.2, -0.15) is 0 Å². The molecule has 76 valence electrons. The summed E-state index contributed by atoms with van der Waals surface area (Å²) < 4.78 is 0. The van der Waals surface area contributed by atoms with Crippen molar-refractivity contribution >= 4 is 5.91 Å². The Morgan fingerprint density at radius 3 is 3.00 bits per heavy atom. The maximum Gasteiger partial charge on any atom is 0.222 e. The van der Waals surface area contributed by atoms with Crippen molar-refractivity contribution in [2.24, 2.45) is 0 Å². The Morgan fingerprint density at radius 2 is 2.38 bits per heavy atom. The van der Waals surface area contributed by atoms with Gasteiger partial charge >= 0.3 is 0 Å². The van der Waals surface area contributed by atoms with E-state index in [2.05, 4.69) is 12.2 Å². The third-order valence-corrected chi connectivity index (χ3v) is 2.65. The smallest absolute Gasteiger partial charge is 0.222 e. The van der Waals surface area contributed by atoms with Crippen LogP contribution in [0.25, 0.3) is 0 Å². The van der Waals surface area contributed by atoms with Crippen molar-refractivity contribution in [1.82, 2.24) is 10.2 Å². The zero-order valence-electron chi connectivity index (χ0n) is 8.68. The first-order valence-electron chi connectivity index (χ1n) is 5.23. The van der Waals surface area contributed by atoms with Gasteiger partial charge in [-0.05, 0) is 26.3 Å². The molecule has 1 aliphatic heterocycles. The van der Waals surface area contributed by atoms with Crippen LogP contribution in [0.5, 0.6) is 0 Å². The summed E-state index contributed by atoms with van der Waals surface area (Å²) in [4.78, 5) is 13.6. The second kappa shape index (κ2) is 5.22. The summed E-state index contributed by atoms with van der Waals surface area (Å²) in [6.07, 6.45) is 4.00. The summed E-state index contributed by atoms with van der Waals surface area (Å²) in [5.74, 6) is 0.322. The fraction of sp³-hybridized carbons (Fsp3) is 0.900. The maximum atomic E-state index is 11.6. The number of hydrogen-bond acceptors (Lipinski definition) is 2. The van der Waals surface area contributed by atoms with E-state index in [0.717, 1.165) is 25.9 Å². The fourth-order valence-electron chi connectivity index (χ4n) is 1.81. The van der Waals surface area contributed by atoms with E-state index in [1.54, 1.807) is 0 Å². The zero-order chi connectivity index (χ0) is 9.68. The second-order valence-corrected chi connectivity index (χ2v) is 3.72. The monoisotopic (exact) mass is 184 g/mol. The van der Waals surface area contributed by atoms with Gasteiger partial charge in [0.15, 0.2) is 0 Å². The molecule has 1 rings (SSSR count). The third kappa shape index (κ3) is 2.99. The van der Waals surface area contributed by atoms with E-state index in [1.165, 1.54) is 6.42 Å². The summed E-state index contributed by atoms with van der Waals surface area (Å²) in [5.41, 5.74) is 0. The number of likely N-dealkylation sites (tertiary alicyclic amines) is 1. The number of carbonyl (C=O) groups is 1. The van der Waals surface area contributed by atoms with Crippen LogP contribution in [0.3, 0.4) is 0 Å². The first kappa shape index (κ1) is 10.5. The van der Waals surface area contributed by atoms with Crippen LogP contribution < -0.4 is 5.32 Å². The van der Waals surface area contributed by atoms with Crippen molar-refractivity contribution in [3.63, 3.8) is 0 Å². The van der Waals surface area contributed by atoms with Gasteiger partial charge in [-0.3, -0.25) is 4.79 Å². The molecule has 1 aliphatic rings. The van der Waals surface area contributed by atoms with Crippen LogP contribution in [0.4, 0.5) is 0 Å². The van der Waals surface area contributed by atoms with E-state index in [9.17, 15) is 4.79 Å². The zero-order valence-corrected chi connectivity index (χ0v) is 8.68. The fourth-order valence-corrected chi connectivity index (χ4v) is 1.81. The average Bonchev–Trinajstić information content (AvgIpc) is 2.18. The molecule has 3 nitrogen and oxygen atoms in total. The molecule has 0 aromatic rings. The maximum absolute atomic E-state index is 11.6. The molecule has 1 amide bonds. The number of amides is 1. The quantitative estimate of drug-likeness (QED) is 0.709. The largest absolute Gasteiger partial charge is 0.341 e. The Labute approximate surface area is 80.5 Å². The van der Waals surface area contributed by atoms with Crippen molar-refractivity contribution in [2.75, 3.05) is 20.1 Å². The normalized spacial score (nSPS) is 23.2. The van der Waals surface area contributed by atoms with Gasteiger partial charge in [-0.25, -0.2) is 0 Å². The Morgan fingerprint density at radius 1 is 1.62 bits per heavy atom. The highest BCUT2D eigenvalue weighted by molar-refractivity contribution is 5.76. The SMILES string of the molecule is CCCC(=O)N1CCCC(NC)C1. The molecule has 1 fully saturated rings. The molecule has 0 spiro atoms. The number of carbonyl (C=O) groups excluding carboxylic acids is 1. The lowest BCUT2D eigenvalue weighted by Gasteiger charge is -2.32. The molecule has 0 aliphatic carbocycles. The number of nitrogens with zero attached hydrogens (tertiary/aromatic N) is 1. The topological polar surface area (TPSA) is 32.3 Å². The van der Waals surface area contributed by atoms with Gasteiger partial charge in [0.05, 0.1) is 0 Å². The van der Waals surface area contributed by atoms with Crippen molar-refractivity contribution in [1.29, 1.82) is 0 Å². The van der Waals surface area contributed by atoms with Crippen molar-refractivity contribution in [3.8, 4) is 0 Å². The first-order chi connectivity index (χ1) is 6.27. The van der Waals surface area contributed by atoms with Crippen LogP contribution in [0, 0.1) is 0 Å². The highest BCUT2D eigenvalue weighted by Gasteiger charge is 2.21. The molecule has 13 heavy (non-hydrogen) atoms. The number of rotatable bonds is 3. The van der Waals surface area contributed by atoms with Crippen LogP contribution in [0.2, 0.25) is 0 Å². The molecule has 3 heteroatoms. The summed E-state index contributed by atoms with van der Waals surface area (Å²) in [5, 5.41) is 3.24. The van der Waals surface area contributed by atoms with Crippen LogP contribution in [0.15, 0.2) is 0 Å². The van der Waals surface area contributed by atoms with E-state index >= 15 is 0 Å². The summed E-state index contributed by atoms with van der Waals surface area (Å²) in [6.45, 7) is 3.91. The van der Waals surface area contributed by atoms with E-state index in [-0.39, 0.29) is 0 Å². The van der Waals surface area contributed by atoms with Gasteiger partial charge < -0.3 is 10.2 Å². The Bertz CT molecular complexity index is 170. The molecular weight excluding hydrogens is 164 g/mol. The lowest BCUT2D eigenvalue weighted by atomic mass is 10.1. The second-order valence-electron chi connectivity index (χ2n) is 3.72. The number of likely N-dealkylation sites (N-methyl/N-ethyl adjacent to an activating group) is 1. The van der Waals surface area contributed by atoms with E-state index in [1.807, 2.05) is 11.9 Å². The lowest BCUT2D eigenvalue weighted by Crippen LogP contribution is -2.46. The molecule has 1 N–H and O–H groups in total. The molecule has 0 radical (unpaired) electrons. The standard InChI is InChI=1S/C10H20N2O/c1-3-5-10(13)12-7-4-6-9(8-12)11-2/h9,11H,3-8H2,1-2H3. The molecule has 0 bridgehead atoms. The van der Waals surface area contributed by atoms with Gasteiger partial charge in [-0.15, -0.1) is 0 Å². The highest BCUT2D eigenvalue weighted by atomic mass is 16.2. The predicted molar refractivity (Wildman–Crippen MR) is 53.6 cm³/mol. The minimum absolute atomic E-state index is 0.322. The Kier molecular flexibility index (Phi) is 4.22. The lowest BCUT2D eigenvalue weighted by molar-refractivity contribution is -0.132. The van der Waals surface area contributed by atoms with E-state index < -0.39 is 0 Å². The first-order valence-corrected chi connectivity index (χ1v) is 5.23. The van der Waals surface area contributed by atoms with Crippen LogP contribution in [-0.2, 0) is 4.79 Å². The number of piperidine rings is 1. The van der Waals surface area contributed by atoms with Crippen molar-refractivity contribution < 1.29 is 4.79 Å². The van der Waals surface area contributed by atoms with Crippen molar-refractivity contribution in [2.45, 2.75) is 38.6 Å². The third-order valence-electron chi connectivity index (χ3n) is 2.65. The average molecular weight is 184 g/mol. The minimum Gasteiger partial charge on any atom is -0.341 e. The van der Waals surface area contributed by atoms with Gasteiger partial charge in [-0.1, -0.05) is 6.92 Å². The van der Waals surface area contributed by atoms with Crippen LogP contribution in [-0.4, -0.2) is 37.0 Å². The molecule has 0 aromatic heterocycles. The van der Waals surface area contributed by atoms with E-state index in [4.69, 9.17) is 0 Å². The molecule has 1 unspecified atom stereocenters. The molecule has 0 saturated carbocycles. The summed E-state index contributed by atoms with van der Waals surface area (Å²) in [6, 6.07) is 0.509. The molecule has 1 atom stereocenters. The van der Waals surface area contributed by atoms with Gasteiger partial charge in [0.2, 0.25) is 5.91 Å². The number of nitrogens with one attached hydrogen (secondary N) is 1. The molecule has 1 saturated heterocycles. The molecular formula is C10H20N2O. The Hall–Kier alpha value is -0.570. The Balaban J connectivity index is 2.37. The van der Waals surface area contributed by atoms with Gasteiger partial charge in [0.25, 0.3) is 0 Å². The van der Waals surface area contributed by atoms with Gasteiger partial charge in [0, 0.05) is 25.6 Å². The number of hydrogen-bond donors (Lipinski definition) is 1. The van der Waals surface area contributed by atoms with E-state index in [0.29, 0.717) is 18.4 Å². The summed E-state index contributed by atoms with van der Waals surface area (Å²) in [7, 11) is 1.97. The molecule has 1 heterocycles. The summed E-state index contributed by atoms with van der Waals surface area (Å²) >= 11 is 0.